The number of ketones is 1. The maximum atomic E-state index is 13.9. The standard InChI is InChI=1S/C40H60INO14/c1-20-10-11-28(44)22(3)14-27-25(16-43)13-21(2)17-51-30(23(4)35(27)56-39-34(48)32(42(6)7)33(47)24(5)54-39)15-31(46)55-38(41)26(12-20)18-52-40-37(50-9)36(49-8)29(45)19-53-40/h10-12,16,19,22-27,30,32-40,45,47-48H,2,13-15,17-18H2,1,3-9H3/b11-10+,20-12+/t22-,23+,24?,25?,26-,27-,30-,32?,33-,34?,35-,36?,37?,38+,39+,40-/m1/s1. The van der Waals surface area contributed by atoms with E-state index in [1.807, 2.05) is 42.5 Å². The molecule has 4 rings (SSSR count). The Kier molecular flexibility index (Phi) is 17.5. The van der Waals surface area contributed by atoms with Gasteiger partial charge in [-0.15, -0.1) is 0 Å². The third-order valence-corrected chi connectivity index (χ3v) is 12.4. The molecule has 4 heterocycles. The quantitative estimate of drug-likeness (QED) is 0.100. The molecule has 0 spiro atoms. The van der Waals surface area contributed by atoms with Crippen LogP contribution in [0, 0.1) is 29.6 Å². The number of alkyl halides is 1. The van der Waals surface area contributed by atoms with Crippen LogP contribution in [-0.4, -0.2) is 145 Å². The van der Waals surface area contributed by atoms with Crippen LogP contribution in [0.15, 0.2) is 48.0 Å². The fourth-order valence-corrected chi connectivity index (χ4v) is 8.63. The number of nitrogens with zero attached hydrogens (tertiary/aromatic N) is 1. The summed E-state index contributed by atoms with van der Waals surface area (Å²) < 4.78 is 47.0. The van der Waals surface area contributed by atoms with Crippen molar-refractivity contribution in [1.82, 2.24) is 4.90 Å². The van der Waals surface area contributed by atoms with Gasteiger partial charge >= 0.3 is 5.97 Å². The molecule has 56 heavy (non-hydrogen) atoms. The second-order valence-electron chi connectivity index (χ2n) is 15.6. The highest BCUT2D eigenvalue weighted by atomic mass is 127. The molecule has 2 bridgehead atoms. The SMILES string of the molecule is C=C1CO[C@@H]2CC(=O)O[C@H](I)[C@@H](CO[C@@H]3OC=C(O)C(OC)C3OC)/C=C(C)/C=C/C(=O)[C@H](C)C[C@H](C(C=O)C1)[C@H](O[C@@H]1OC(C)[C@@H](O)C(N(C)C)C1O)[C@H]2C. The van der Waals surface area contributed by atoms with Crippen LogP contribution in [0.25, 0.3) is 0 Å². The predicted octanol–water partition coefficient (Wildman–Crippen LogP) is 3.41. The molecule has 4 aliphatic rings. The average molecular weight is 906 g/mol. The second kappa shape index (κ2) is 21.1. The van der Waals surface area contributed by atoms with Crippen molar-refractivity contribution in [1.29, 1.82) is 0 Å². The number of halogens is 1. The van der Waals surface area contributed by atoms with E-state index in [1.165, 1.54) is 20.3 Å². The van der Waals surface area contributed by atoms with E-state index < -0.39 is 101 Å². The van der Waals surface area contributed by atoms with Gasteiger partial charge in [0.05, 0.1) is 50.1 Å². The lowest BCUT2D eigenvalue weighted by Crippen LogP contribution is -2.63. The number of aldehydes is 1. The molecule has 6 unspecified atom stereocenters. The number of hydrogen-bond donors (Lipinski definition) is 3. The molecule has 3 N–H and O–H groups in total. The van der Waals surface area contributed by atoms with E-state index in [0.29, 0.717) is 11.1 Å². The number of rotatable bonds is 9. The number of hydrogen-bond acceptors (Lipinski definition) is 15. The van der Waals surface area contributed by atoms with Crippen molar-refractivity contribution in [3.63, 3.8) is 0 Å². The molecule has 0 aliphatic carbocycles. The van der Waals surface area contributed by atoms with Crippen molar-refractivity contribution in [2.75, 3.05) is 41.5 Å². The Balaban J connectivity index is 1.71. The number of methoxy groups -OCH3 is 2. The Morgan fingerprint density at radius 3 is 2.39 bits per heavy atom. The Bertz CT molecular complexity index is 1450. The van der Waals surface area contributed by atoms with Crippen LogP contribution in [0.4, 0.5) is 0 Å². The van der Waals surface area contributed by atoms with Crippen molar-refractivity contribution in [2.45, 2.75) is 112 Å². The lowest BCUT2D eigenvalue weighted by Gasteiger charge is -2.47. The van der Waals surface area contributed by atoms with Gasteiger partial charge in [0, 0.05) is 37.9 Å². The van der Waals surface area contributed by atoms with Crippen molar-refractivity contribution >= 4 is 40.6 Å². The molecule has 15 nitrogen and oxygen atoms in total. The third kappa shape index (κ3) is 11.5. The number of carbonyl (C=O) groups excluding carboxylic acids is 3. The van der Waals surface area contributed by atoms with E-state index in [9.17, 15) is 29.7 Å². The van der Waals surface area contributed by atoms with E-state index in [4.69, 9.17) is 37.9 Å². The minimum atomic E-state index is -1.28. The Morgan fingerprint density at radius 2 is 1.75 bits per heavy atom. The zero-order valence-corrected chi connectivity index (χ0v) is 35.7. The number of cyclic esters (lactones) is 1. The largest absolute Gasteiger partial charge is 0.506 e. The maximum absolute atomic E-state index is 13.9. The predicted molar refractivity (Wildman–Crippen MR) is 211 cm³/mol. The number of aliphatic hydroxyl groups is 3. The molecule has 0 amide bonds. The first kappa shape index (κ1) is 46.4. The summed E-state index contributed by atoms with van der Waals surface area (Å²) in [6.45, 7) is 11.4. The summed E-state index contributed by atoms with van der Waals surface area (Å²) in [5, 5.41) is 32.6. The first-order valence-electron chi connectivity index (χ1n) is 19.0. The maximum Gasteiger partial charge on any atom is 0.309 e. The van der Waals surface area contributed by atoms with E-state index in [1.54, 1.807) is 38.9 Å². The van der Waals surface area contributed by atoms with Gasteiger partial charge in [-0.05, 0) is 75.4 Å². The Labute approximate surface area is 343 Å². The molecular weight excluding hydrogens is 845 g/mol. The highest BCUT2D eigenvalue weighted by Crippen LogP contribution is 2.39. The minimum absolute atomic E-state index is 0.00239. The van der Waals surface area contributed by atoms with Gasteiger partial charge in [-0.1, -0.05) is 43.7 Å². The van der Waals surface area contributed by atoms with Crippen LogP contribution >= 0.6 is 22.6 Å². The van der Waals surface area contributed by atoms with Gasteiger partial charge in [-0.3, -0.25) is 9.59 Å². The minimum Gasteiger partial charge on any atom is -0.506 e. The van der Waals surface area contributed by atoms with Crippen molar-refractivity contribution < 1.29 is 67.6 Å². The van der Waals surface area contributed by atoms with Crippen LogP contribution in [0.1, 0.15) is 47.0 Å². The van der Waals surface area contributed by atoms with Crippen molar-refractivity contribution in [3.05, 3.63) is 48.0 Å². The molecule has 0 aromatic rings. The average Bonchev–Trinajstić information content (AvgIpc) is 3.18. The number of fused-ring (bicyclic) bond motifs is 3. The highest BCUT2D eigenvalue weighted by molar-refractivity contribution is 14.1. The molecule has 0 saturated carbocycles. The lowest BCUT2D eigenvalue weighted by molar-refractivity contribution is -0.305. The molecule has 0 radical (unpaired) electrons. The number of likely N-dealkylation sites (N-methyl/N-ethyl adjacent to an activating group) is 1. The first-order chi connectivity index (χ1) is 26.5. The molecule has 0 aromatic carbocycles. The van der Waals surface area contributed by atoms with Crippen LogP contribution in [0.2, 0.25) is 0 Å². The fourth-order valence-electron chi connectivity index (χ4n) is 7.93. The van der Waals surface area contributed by atoms with Gasteiger partial charge in [0.25, 0.3) is 0 Å². The topological polar surface area (TPSA) is 189 Å². The lowest BCUT2D eigenvalue weighted by atomic mass is 9.73. The van der Waals surface area contributed by atoms with Gasteiger partial charge in [-0.2, -0.15) is 0 Å². The normalized spacial score (nSPS) is 42.3. The first-order valence-corrected chi connectivity index (χ1v) is 20.3. The number of allylic oxidation sites excluding steroid dienone is 3. The highest BCUT2D eigenvalue weighted by Gasteiger charge is 2.49. The summed E-state index contributed by atoms with van der Waals surface area (Å²) in [5.41, 5.74) is 1.34. The zero-order chi connectivity index (χ0) is 41.4. The van der Waals surface area contributed by atoms with Crippen molar-refractivity contribution in [3.8, 4) is 0 Å². The van der Waals surface area contributed by atoms with E-state index in [2.05, 4.69) is 6.58 Å². The molecule has 16 atom stereocenters. The monoisotopic (exact) mass is 905 g/mol. The van der Waals surface area contributed by atoms with Gasteiger partial charge in [0.2, 0.25) is 6.29 Å². The smallest absolute Gasteiger partial charge is 0.309 e. The summed E-state index contributed by atoms with van der Waals surface area (Å²) in [7, 11) is 6.35. The van der Waals surface area contributed by atoms with Crippen LogP contribution in [0.3, 0.4) is 0 Å². The van der Waals surface area contributed by atoms with Crippen LogP contribution < -0.4 is 0 Å². The summed E-state index contributed by atoms with van der Waals surface area (Å²) in [4.78, 5) is 42.2. The molecule has 4 aliphatic heterocycles. The number of carbonyl (C=O) groups is 3. The third-order valence-electron chi connectivity index (χ3n) is 11.2. The van der Waals surface area contributed by atoms with Gasteiger partial charge in [-0.25, -0.2) is 0 Å². The summed E-state index contributed by atoms with van der Waals surface area (Å²) in [6, 6.07) is -0.724. The van der Waals surface area contributed by atoms with Crippen LogP contribution in [0.5, 0.6) is 0 Å². The van der Waals surface area contributed by atoms with Gasteiger partial charge in [0.15, 0.2) is 28.0 Å². The van der Waals surface area contributed by atoms with Crippen molar-refractivity contribution in [2.24, 2.45) is 29.6 Å². The molecule has 316 valence electrons. The van der Waals surface area contributed by atoms with Crippen LogP contribution in [-0.2, 0) is 52.3 Å². The van der Waals surface area contributed by atoms with E-state index in [-0.39, 0.29) is 44.0 Å². The van der Waals surface area contributed by atoms with Gasteiger partial charge < -0.3 is 62.9 Å². The summed E-state index contributed by atoms with van der Waals surface area (Å²) in [5.74, 6) is -3.80. The number of esters is 1. The molecule has 2 saturated heterocycles. The van der Waals surface area contributed by atoms with Gasteiger partial charge in [0.1, 0.15) is 24.8 Å². The molecule has 16 heteroatoms. The van der Waals surface area contributed by atoms with E-state index >= 15 is 0 Å². The zero-order valence-electron chi connectivity index (χ0n) is 33.5. The molecular formula is C40H60INO14. The second-order valence-corrected chi connectivity index (χ2v) is 16.8. The summed E-state index contributed by atoms with van der Waals surface area (Å²) >= 11 is 2.02. The summed E-state index contributed by atoms with van der Waals surface area (Å²) in [6.07, 6.45) is -1.16. The Hall–Kier alpha value is -2.26. The molecule has 2 fully saturated rings. The Morgan fingerprint density at radius 1 is 1.04 bits per heavy atom. The number of ether oxygens (including phenoxy) is 8. The molecule has 0 aromatic heterocycles. The fraction of sp³-hybridized carbons (Fsp3) is 0.725. The number of aliphatic hydroxyl groups excluding tert-OH is 3. The van der Waals surface area contributed by atoms with E-state index in [0.717, 1.165) is 12.5 Å².